The van der Waals surface area contributed by atoms with E-state index in [1.165, 1.54) is 16.8 Å². The van der Waals surface area contributed by atoms with Gasteiger partial charge < -0.3 is 14.8 Å². The van der Waals surface area contributed by atoms with Crippen LogP contribution >= 0.6 is 0 Å². The van der Waals surface area contributed by atoms with Gasteiger partial charge in [-0.15, -0.1) is 6.42 Å². The Kier molecular flexibility index (Phi) is 6.35. The first-order valence-corrected chi connectivity index (χ1v) is 11.8. The van der Waals surface area contributed by atoms with Crippen molar-refractivity contribution in [1.29, 1.82) is 0 Å². The van der Waals surface area contributed by atoms with Crippen molar-refractivity contribution in [1.82, 2.24) is 0 Å². The van der Waals surface area contributed by atoms with Crippen molar-refractivity contribution in [3.63, 3.8) is 0 Å². The van der Waals surface area contributed by atoms with Gasteiger partial charge in [0.1, 0.15) is 6.61 Å². The molecule has 0 unspecified atom stereocenters. The number of nitrogens with one attached hydrogen (secondary N) is 1. The van der Waals surface area contributed by atoms with Crippen LogP contribution in [0.4, 0.5) is 11.4 Å². The average Bonchev–Trinajstić information content (AvgIpc) is 3.37. The van der Waals surface area contributed by atoms with Gasteiger partial charge in [-0.2, -0.15) is 0 Å². The fraction of sp³-hybridized carbons (Fsp3) is 0.233. The monoisotopic (exact) mass is 448 g/mol. The van der Waals surface area contributed by atoms with Crippen molar-refractivity contribution in [3.8, 4) is 23.8 Å². The van der Waals surface area contributed by atoms with Crippen molar-refractivity contribution in [2.24, 2.45) is 10.9 Å². The molecule has 3 aromatic carbocycles. The van der Waals surface area contributed by atoms with Crippen LogP contribution in [-0.2, 0) is 0 Å². The number of anilines is 1. The zero-order valence-electron chi connectivity index (χ0n) is 19.3. The standard InChI is InChI=1S/C30H28N2O2/c1-3-18-34-28-17-12-21(19-29(28)33-4-2)20-31-23-15-13-22(14-16-23)30-26-10-7-9-24(26)25-8-5-6-11-27(25)32-30/h1,5-9,11-17,19-20,24,26,30,32H,4,10,18H2,2H3/t24-,26-,30+/m1/s1. The third-order valence-electron chi connectivity index (χ3n) is 6.47. The van der Waals surface area contributed by atoms with Crippen molar-refractivity contribution >= 4 is 17.6 Å². The number of rotatable bonds is 7. The number of para-hydroxylation sites is 1. The molecule has 170 valence electrons. The molecular weight excluding hydrogens is 420 g/mol. The van der Waals surface area contributed by atoms with Gasteiger partial charge in [-0.05, 0) is 72.4 Å². The molecule has 4 nitrogen and oxygen atoms in total. The third kappa shape index (κ3) is 4.43. The molecule has 0 saturated heterocycles. The smallest absolute Gasteiger partial charge is 0.162 e. The second kappa shape index (κ2) is 9.89. The van der Waals surface area contributed by atoms with Gasteiger partial charge in [-0.1, -0.05) is 48.4 Å². The number of benzene rings is 3. The first-order valence-electron chi connectivity index (χ1n) is 11.8. The second-order valence-corrected chi connectivity index (χ2v) is 8.54. The molecule has 0 bridgehead atoms. The van der Waals surface area contributed by atoms with Gasteiger partial charge in [0, 0.05) is 17.8 Å². The van der Waals surface area contributed by atoms with Gasteiger partial charge in [0.05, 0.1) is 18.3 Å². The molecule has 0 spiro atoms. The molecule has 0 saturated carbocycles. The lowest BCUT2D eigenvalue weighted by atomic mass is 9.77. The van der Waals surface area contributed by atoms with Crippen LogP contribution in [0.1, 0.15) is 42.0 Å². The van der Waals surface area contributed by atoms with Crippen LogP contribution in [0.5, 0.6) is 11.5 Å². The SMILES string of the molecule is C#CCOc1ccc(C=Nc2ccc([C@@H]3Nc4ccccc4[C@H]4C=CC[C@H]43)cc2)cc1OCC. The molecule has 1 N–H and O–H groups in total. The summed E-state index contributed by atoms with van der Waals surface area (Å²) in [7, 11) is 0. The molecule has 0 aromatic heterocycles. The first kappa shape index (κ1) is 21.9. The molecule has 3 aromatic rings. The van der Waals surface area contributed by atoms with Crippen LogP contribution in [0, 0.1) is 18.3 Å². The maximum atomic E-state index is 5.70. The van der Waals surface area contributed by atoms with Gasteiger partial charge >= 0.3 is 0 Å². The molecule has 34 heavy (non-hydrogen) atoms. The fourth-order valence-corrected chi connectivity index (χ4v) is 4.90. The molecular formula is C30H28N2O2. The Hall–Kier alpha value is -3.97. The topological polar surface area (TPSA) is 42.8 Å². The Morgan fingerprint density at radius 3 is 2.74 bits per heavy atom. The Bertz CT molecular complexity index is 1250. The highest BCUT2D eigenvalue weighted by Gasteiger charge is 2.37. The van der Waals surface area contributed by atoms with Gasteiger partial charge in [-0.3, -0.25) is 4.99 Å². The second-order valence-electron chi connectivity index (χ2n) is 8.54. The number of ether oxygens (including phenoxy) is 2. The highest BCUT2D eigenvalue weighted by atomic mass is 16.5. The summed E-state index contributed by atoms with van der Waals surface area (Å²) in [5, 5.41) is 3.78. The summed E-state index contributed by atoms with van der Waals surface area (Å²) >= 11 is 0. The summed E-state index contributed by atoms with van der Waals surface area (Å²) in [5.41, 5.74) is 5.78. The zero-order chi connectivity index (χ0) is 23.3. The third-order valence-corrected chi connectivity index (χ3v) is 6.47. The number of nitrogens with zero attached hydrogens (tertiary/aromatic N) is 1. The van der Waals surface area contributed by atoms with Crippen molar-refractivity contribution in [3.05, 3.63) is 95.6 Å². The number of aliphatic imine (C=N–C) groups is 1. The van der Waals surface area contributed by atoms with Crippen molar-refractivity contribution in [2.75, 3.05) is 18.5 Å². The average molecular weight is 449 g/mol. The molecule has 1 heterocycles. The van der Waals surface area contributed by atoms with E-state index in [4.69, 9.17) is 15.9 Å². The number of terminal acetylenes is 1. The van der Waals surface area contributed by atoms with Crippen LogP contribution in [0.3, 0.4) is 0 Å². The number of fused-ring (bicyclic) bond motifs is 3. The minimum atomic E-state index is 0.207. The van der Waals surface area contributed by atoms with Crippen LogP contribution in [0.25, 0.3) is 0 Å². The summed E-state index contributed by atoms with van der Waals surface area (Å²) in [6.45, 7) is 2.70. The Labute approximate surface area is 201 Å². The number of hydrogen-bond acceptors (Lipinski definition) is 4. The predicted octanol–water partition coefficient (Wildman–Crippen LogP) is 6.67. The summed E-state index contributed by atoms with van der Waals surface area (Å²) in [4.78, 5) is 4.67. The molecule has 2 aliphatic rings. The highest BCUT2D eigenvalue weighted by Crippen LogP contribution is 2.49. The number of hydrogen-bond donors (Lipinski definition) is 1. The van der Waals surface area contributed by atoms with E-state index in [0.29, 0.717) is 29.9 Å². The normalized spacial score (nSPS) is 20.3. The first-order chi connectivity index (χ1) is 16.8. The van der Waals surface area contributed by atoms with Crippen LogP contribution in [0.2, 0.25) is 0 Å². The zero-order valence-corrected chi connectivity index (χ0v) is 19.3. The van der Waals surface area contributed by atoms with Gasteiger partial charge in [0.25, 0.3) is 0 Å². The molecule has 0 fully saturated rings. The molecule has 0 amide bonds. The lowest BCUT2D eigenvalue weighted by Crippen LogP contribution is -2.28. The molecule has 3 atom stereocenters. The minimum absolute atomic E-state index is 0.207. The largest absolute Gasteiger partial charge is 0.490 e. The van der Waals surface area contributed by atoms with E-state index in [1.807, 2.05) is 31.3 Å². The van der Waals surface area contributed by atoms with Crippen molar-refractivity contribution in [2.45, 2.75) is 25.3 Å². The van der Waals surface area contributed by atoms with E-state index in [0.717, 1.165) is 17.7 Å². The summed E-state index contributed by atoms with van der Waals surface area (Å²) in [5.74, 6) is 4.81. The maximum absolute atomic E-state index is 5.70. The van der Waals surface area contributed by atoms with E-state index in [9.17, 15) is 0 Å². The van der Waals surface area contributed by atoms with Gasteiger partial charge in [-0.25, -0.2) is 0 Å². The molecule has 1 aliphatic carbocycles. The molecule has 0 radical (unpaired) electrons. The van der Waals surface area contributed by atoms with Crippen LogP contribution in [-0.4, -0.2) is 19.4 Å². The van der Waals surface area contributed by atoms with E-state index in [1.54, 1.807) is 0 Å². The van der Waals surface area contributed by atoms with Crippen LogP contribution in [0.15, 0.2) is 83.9 Å². The van der Waals surface area contributed by atoms with Crippen molar-refractivity contribution < 1.29 is 9.47 Å². The highest BCUT2D eigenvalue weighted by molar-refractivity contribution is 5.83. The van der Waals surface area contributed by atoms with Gasteiger partial charge in [0.15, 0.2) is 11.5 Å². The Morgan fingerprint density at radius 1 is 1.06 bits per heavy atom. The van der Waals surface area contributed by atoms with Crippen LogP contribution < -0.4 is 14.8 Å². The lowest BCUT2D eigenvalue weighted by Gasteiger charge is -2.37. The van der Waals surface area contributed by atoms with E-state index in [-0.39, 0.29) is 12.6 Å². The summed E-state index contributed by atoms with van der Waals surface area (Å²) < 4.78 is 11.3. The van der Waals surface area contributed by atoms with Gasteiger partial charge in [0.2, 0.25) is 0 Å². The summed E-state index contributed by atoms with van der Waals surface area (Å²) in [6, 6.07) is 23.2. The Balaban J connectivity index is 1.32. The molecule has 4 heteroatoms. The predicted molar refractivity (Wildman–Crippen MR) is 138 cm³/mol. The fourth-order valence-electron chi connectivity index (χ4n) is 4.90. The minimum Gasteiger partial charge on any atom is -0.490 e. The lowest BCUT2D eigenvalue weighted by molar-refractivity contribution is 0.299. The molecule has 5 rings (SSSR count). The van der Waals surface area contributed by atoms with E-state index >= 15 is 0 Å². The molecule has 1 aliphatic heterocycles. The maximum Gasteiger partial charge on any atom is 0.162 e. The van der Waals surface area contributed by atoms with E-state index < -0.39 is 0 Å². The number of allylic oxidation sites excluding steroid dienone is 2. The quantitative estimate of drug-likeness (QED) is 0.249. The summed E-state index contributed by atoms with van der Waals surface area (Å²) in [6.07, 6.45) is 12.9. The Morgan fingerprint density at radius 2 is 1.91 bits per heavy atom. The van der Waals surface area contributed by atoms with E-state index in [2.05, 4.69) is 76.9 Å².